The van der Waals surface area contributed by atoms with E-state index in [4.69, 9.17) is 23.2 Å². The van der Waals surface area contributed by atoms with Crippen molar-refractivity contribution in [2.75, 3.05) is 11.4 Å². The van der Waals surface area contributed by atoms with Crippen molar-refractivity contribution in [1.82, 2.24) is 5.32 Å². The van der Waals surface area contributed by atoms with Crippen molar-refractivity contribution in [3.05, 3.63) is 63.6 Å². The van der Waals surface area contributed by atoms with Crippen molar-refractivity contribution in [2.24, 2.45) is 5.92 Å². The molecule has 1 aliphatic heterocycles. The van der Waals surface area contributed by atoms with Crippen LogP contribution < -0.4 is 10.2 Å². The minimum Gasteiger partial charge on any atom is -0.352 e. The lowest BCUT2D eigenvalue weighted by Crippen LogP contribution is -2.32. The normalized spacial score (nSPS) is 17.0. The van der Waals surface area contributed by atoms with Crippen molar-refractivity contribution >= 4 is 40.7 Å². The minimum atomic E-state index is -0.381. The first-order valence-corrected chi connectivity index (χ1v) is 8.79. The van der Waals surface area contributed by atoms with Gasteiger partial charge in [0.2, 0.25) is 11.8 Å². The lowest BCUT2D eigenvalue weighted by molar-refractivity contribution is -0.126. The number of hydrogen-bond donors (Lipinski definition) is 1. The molecule has 4 nitrogen and oxygen atoms in total. The van der Waals surface area contributed by atoms with Gasteiger partial charge in [0, 0.05) is 35.2 Å². The van der Waals surface area contributed by atoms with E-state index in [1.165, 1.54) is 0 Å². The summed E-state index contributed by atoms with van der Waals surface area (Å²) in [4.78, 5) is 26.4. The van der Waals surface area contributed by atoms with Crippen LogP contribution in [0.1, 0.15) is 17.5 Å². The Morgan fingerprint density at radius 3 is 2.64 bits per heavy atom. The lowest BCUT2D eigenvalue weighted by atomic mass is 10.1. The molecule has 3 rings (SSSR count). The summed E-state index contributed by atoms with van der Waals surface area (Å²) in [6.45, 7) is 2.57. The molecule has 1 atom stereocenters. The van der Waals surface area contributed by atoms with Gasteiger partial charge in [-0.2, -0.15) is 0 Å². The second-order valence-electron chi connectivity index (χ2n) is 6.10. The lowest BCUT2D eigenvalue weighted by Gasteiger charge is -2.19. The van der Waals surface area contributed by atoms with Gasteiger partial charge in [0.1, 0.15) is 0 Å². The molecule has 0 spiro atoms. The fourth-order valence-corrected chi connectivity index (χ4v) is 3.35. The van der Waals surface area contributed by atoms with Gasteiger partial charge in [-0.25, -0.2) is 0 Å². The smallest absolute Gasteiger partial charge is 0.227 e. The third kappa shape index (κ3) is 3.80. The summed E-state index contributed by atoms with van der Waals surface area (Å²) in [5.74, 6) is -0.591. The molecule has 1 fully saturated rings. The summed E-state index contributed by atoms with van der Waals surface area (Å²) in [5.41, 5.74) is 2.46. The van der Waals surface area contributed by atoms with Crippen molar-refractivity contribution in [1.29, 1.82) is 0 Å². The first-order chi connectivity index (χ1) is 12.0. The van der Waals surface area contributed by atoms with Crippen LogP contribution in [0.25, 0.3) is 0 Å². The van der Waals surface area contributed by atoms with E-state index < -0.39 is 0 Å². The summed E-state index contributed by atoms with van der Waals surface area (Å²) in [6.07, 6.45) is 0.195. The zero-order valence-electron chi connectivity index (χ0n) is 13.8. The molecule has 2 amide bonds. The van der Waals surface area contributed by atoms with Crippen LogP contribution in [0.5, 0.6) is 0 Å². The molecule has 0 radical (unpaired) electrons. The maximum atomic E-state index is 12.4. The number of carbonyl (C=O) groups excluding carboxylic acids is 2. The van der Waals surface area contributed by atoms with Gasteiger partial charge in [-0.15, -0.1) is 0 Å². The highest BCUT2D eigenvalue weighted by atomic mass is 35.5. The van der Waals surface area contributed by atoms with Crippen molar-refractivity contribution in [3.8, 4) is 0 Å². The third-order valence-corrected chi connectivity index (χ3v) is 5.21. The number of rotatable bonds is 4. The Morgan fingerprint density at radius 1 is 1.16 bits per heavy atom. The molecular weight excluding hydrogens is 359 g/mol. The Morgan fingerprint density at radius 2 is 1.88 bits per heavy atom. The van der Waals surface area contributed by atoms with Gasteiger partial charge < -0.3 is 10.2 Å². The molecule has 130 valence electrons. The number of halogens is 2. The molecule has 2 aromatic rings. The largest absolute Gasteiger partial charge is 0.352 e. The van der Waals surface area contributed by atoms with Crippen molar-refractivity contribution in [3.63, 3.8) is 0 Å². The minimum absolute atomic E-state index is 0.0664. The van der Waals surface area contributed by atoms with E-state index in [1.807, 2.05) is 37.3 Å². The summed E-state index contributed by atoms with van der Waals surface area (Å²) < 4.78 is 0. The Balaban J connectivity index is 1.67. The van der Waals surface area contributed by atoms with Crippen LogP contribution in [-0.4, -0.2) is 18.4 Å². The molecule has 1 heterocycles. The fourth-order valence-electron chi connectivity index (χ4n) is 2.97. The second-order valence-corrected chi connectivity index (χ2v) is 6.91. The maximum absolute atomic E-state index is 12.4. The molecule has 1 saturated heterocycles. The van der Waals surface area contributed by atoms with Crippen LogP contribution in [-0.2, 0) is 16.1 Å². The van der Waals surface area contributed by atoms with Crippen molar-refractivity contribution in [2.45, 2.75) is 19.9 Å². The number of nitrogens with zero attached hydrogens (tertiary/aromatic N) is 1. The van der Waals surface area contributed by atoms with E-state index in [-0.39, 0.29) is 24.2 Å². The molecule has 0 aromatic heterocycles. The van der Waals surface area contributed by atoms with E-state index in [0.29, 0.717) is 23.1 Å². The number of benzene rings is 2. The standard InChI is InChI=1S/C19H18Cl2N2O2/c1-12-15(20)7-4-8-17(12)23-11-14(9-18(23)24)19(25)22-10-13-5-2-3-6-16(13)21/h2-8,14H,9-11H2,1H3,(H,22,25)/t14-/m0/s1. The number of amides is 2. The van der Waals surface area contributed by atoms with Gasteiger partial charge in [0.05, 0.1) is 5.92 Å². The van der Waals surface area contributed by atoms with E-state index >= 15 is 0 Å². The zero-order valence-corrected chi connectivity index (χ0v) is 15.3. The first-order valence-electron chi connectivity index (χ1n) is 8.04. The van der Waals surface area contributed by atoms with Gasteiger partial charge in [-0.3, -0.25) is 9.59 Å². The molecule has 1 aliphatic rings. The molecule has 1 N–H and O–H groups in total. The van der Waals surface area contributed by atoms with Gasteiger partial charge >= 0.3 is 0 Å². The van der Waals surface area contributed by atoms with E-state index in [1.54, 1.807) is 17.0 Å². The summed E-state index contributed by atoms with van der Waals surface area (Å²) in [6, 6.07) is 12.8. The molecule has 6 heteroatoms. The van der Waals surface area contributed by atoms with Crippen LogP contribution >= 0.6 is 23.2 Å². The highest BCUT2D eigenvalue weighted by molar-refractivity contribution is 6.32. The number of carbonyl (C=O) groups is 2. The van der Waals surface area contributed by atoms with E-state index in [2.05, 4.69) is 5.32 Å². The second kappa shape index (κ2) is 7.46. The molecule has 25 heavy (non-hydrogen) atoms. The summed E-state index contributed by atoms with van der Waals surface area (Å²) >= 11 is 12.2. The Hall–Kier alpha value is -2.04. The predicted molar refractivity (Wildman–Crippen MR) is 99.9 cm³/mol. The van der Waals surface area contributed by atoms with Gasteiger partial charge in [-0.1, -0.05) is 47.5 Å². The molecule has 2 aromatic carbocycles. The van der Waals surface area contributed by atoms with Crippen LogP contribution in [0, 0.1) is 12.8 Å². The van der Waals surface area contributed by atoms with Crippen LogP contribution in [0.4, 0.5) is 5.69 Å². The highest BCUT2D eigenvalue weighted by Crippen LogP contribution is 2.31. The Bertz CT molecular complexity index is 823. The molecular formula is C19H18Cl2N2O2. The maximum Gasteiger partial charge on any atom is 0.227 e. The molecule has 0 unspecified atom stereocenters. The Kier molecular flexibility index (Phi) is 5.30. The number of hydrogen-bond acceptors (Lipinski definition) is 2. The topological polar surface area (TPSA) is 49.4 Å². The average Bonchev–Trinajstić information content (AvgIpc) is 2.98. The zero-order chi connectivity index (χ0) is 18.0. The van der Waals surface area contributed by atoms with Gasteiger partial charge in [0.15, 0.2) is 0 Å². The first kappa shape index (κ1) is 17.8. The van der Waals surface area contributed by atoms with Crippen LogP contribution in [0.15, 0.2) is 42.5 Å². The molecule has 0 bridgehead atoms. The monoisotopic (exact) mass is 376 g/mol. The molecule has 0 aliphatic carbocycles. The number of anilines is 1. The summed E-state index contributed by atoms with van der Waals surface area (Å²) in [5, 5.41) is 4.09. The fraction of sp³-hybridized carbons (Fsp3) is 0.263. The Labute approximate surface area is 156 Å². The quantitative estimate of drug-likeness (QED) is 0.877. The van der Waals surface area contributed by atoms with Crippen LogP contribution in [0.3, 0.4) is 0 Å². The van der Waals surface area contributed by atoms with E-state index in [9.17, 15) is 9.59 Å². The van der Waals surface area contributed by atoms with E-state index in [0.717, 1.165) is 16.8 Å². The van der Waals surface area contributed by atoms with Gasteiger partial charge in [-0.05, 0) is 36.2 Å². The SMILES string of the molecule is Cc1c(Cl)cccc1N1C[C@@H](C(=O)NCc2ccccc2Cl)CC1=O. The number of nitrogens with one attached hydrogen (secondary N) is 1. The summed E-state index contributed by atoms with van der Waals surface area (Å²) in [7, 11) is 0. The van der Waals surface area contributed by atoms with Gasteiger partial charge in [0.25, 0.3) is 0 Å². The van der Waals surface area contributed by atoms with Crippen molar-refractivity contribution < 1.29 is 9.59 Å². The highest BCUT2D eigenvalue weighted by Gasteiger charge is 2.35. The third-order valence-electron chi connectivity index (χ3n) is 4.44. The van der Waals surface area contributed by atoms with Crippen LogP contribution in [0.2, 0.25) is 10.0 Å². The molecule has 0 saturated carbocycles. The average molecular weight is 377 g/mol. The predicted octanol–water partition coefficient (Wildman–Crippen LogP) is 3.97.